The number of amides is 2. The Morgan fingerprint density at radius 2 is 2.14 bits per heavy atom. The van der Waals surface area contributed by atoms with Crippen molar-refractivity contribution < 1.29 is 14.3 Å². The smallest absolute Gasteiger partial charge is 0.254 e. The van der Waals surface area contributed by atoms with E-state index >= 15 is 0 Å². The monoisotopic (exact) mass is 313 g/mol. The van der Waals surface area contributed by atoms with Crippen LogP contribution in [-0.4, -0.2) is 44.7 Å². The molecule has 7 heteroatoms. The normalized spacial score (nSPS) is 17.5. The number of rotatable bonds is 3. The standard InChI is InChI=1S/C14H19N3O3.ClH/c1-9-3-4-11(10(7-9)13(18)15-2)17-14(19)12-8-16-5-6-20-12;/h3-4,7,12,16H,5-6,8H2,1-2H3,(H,15,18)(H,17,19);1H. The van der Waals surface area contributed by atoms with Gasteiger partial charge in [-0.1, -0.05) is 11.6 Å². The minimum atomic E-state index is -0.525. The first kappa shape index (κ1) is 17.4. The van der Waals surface area contributed by atoms with Crippen molar-refractivity contribution in [3.8, 4) is 0 Å². The Balaban J connectivity index is 0.00000220. The number of halogens is 1. The molecule has 1 atom stereocenters. The summed E-state index contributed by atoms with van der Waals surface area (Å²) in [4.78, 5) is 23.9. The highest BCUT2D eigenvalue weighted by molar-refractivity contribution is 6.04. The highest BCUT2D eigenvalue weighted by atomic mass is 35.5. The molecule has 1 aromatic carbocycles. The highest BCUT2D eigenvalue weighted by Gasteiger charge is 2.23. The molecule has 21 heavy (non-hydrogen) atoms. The number of nitrogens with one attached hydrogen (secondary N) is 3. The van der Waals surface area contributed by atoms with Crippen LogP contribution in [0.4, 0.5) is 5.69 Å². The summed E-state index contributed by atoms with van der Waals surface area (Å²) >= 11 is 0. The Morgan fingerprint density at radius 3 is 2.76 bits per heavy atom. The van der Waals surface area contributed by atoms with E-state index < -0.39 is 6.10 Å². The molecule has 116 valence electrons. The van der Waals surface area contributed by atoms with Crippen LogP contribution in [0, 0.1) is 6.92 Å². The lowest BCUT2D eigenvalue weighted by Gasteiger charge is -2.23. The number of ether oxygens (including phenoxy) is 1. The summed E-state index contributed by atoms with van der Waals surface area (Å²) in [6.45, 7) is 3.63. The van der Waals surface area contributed by atoms with Crippen LogP contribution in [0.3, 0.4) is 0 Å². The van der Waals surface area contributed by atoms with E-state index in [4.69, 9.17) is 4.74 Å². The van der Waals surface area contributed by atoms with Crippen molar-refractivity contribution in [1.29, 1.82) is 0 Å². The predicted octanol–water partition coefficient (Wildman–Crippen LogP) is 0.703. The zero-order valence-electron chi connectivity index (χ0n) is 12.1. The maximum absolute atomic E-state index is 12.1. The quantitative estimate of drug-likeness (QED) is 0.767. The SMILES string of the molecule is CNC(=O)c1cc(C)ccc1NC(=O)C1CNCCO1.Cl. The summed E-state index contributed by atoms with van der Waals surface area (Å²) < 4.78 is 5.39. The van der Waals surface area contributed by atoms with Gasteiger partial charge in [0.1, 0.15) is 6.10 Å². The van der Waals surface area contributed by atoms with E-state index in [1.165, 1.54) is 0 Å². The number of anilines is 1. The average molecular weight is 314 g/mol. The Hall–Kier alpha value is -1.63. The Morgan fingerprint density at radius 1 is 1.38 bits per heavy atom. The first-order chi connectivity index (χ1) is 9.61. The average Bonchev–Trinajstić information content (AvgIpc) is 2.49. The van der Waals surface area contributed by atoms with Crippen molar-refractivity contribution in [2.75, 3.05) is 32.1 Å². The second kappa shape index (κ2) is 7.97. The Kier molecular flexibility index (Phi) is 6.61. The van der Waals surface area contributed by atoms with Crippen LogP contribution in [0.15, 0.2) is 18.2 Å². The molecule has 2 amide bonds. The third-order valence-corrected chi connectivity index (χ3v) is 3.12. The van der Waals surface area contributed by atoms with Gasteiger partial charge in [-0.05, 0) is 19.1 Å². The van der Waals surface area contributed by atoms with Gasteiger partial charge >= 0.3 is 0 Å². The van der Waals surface area contributed by atoms with Gasteiger partial charge in [0.05, 0.1) is 17.9 Å². The van der Waals surface area contributed by atoms with Crippen LogP contribution in [-0.2, 0) is 9.53 Å². The maximum atomic E-state index is 12.1. The number of morpholine rings is 1. The van der Waals surface area contributed by atoms with Crippen molar-refractivity contribution in [3.05, 3.63) is 29.3 Å². The van der Waals surface area contributed by atoms with Crippen molar-refractivity contribution in [2.24, 2.45) is 0 Å². The van der Waals surface area contributed by atoms with Gasteiger partial charge in [-0.25, -0.2) is 0 Å². The molecule has 1 unspecified atom stereocenters. The van der Waals surface area contributed by atoms with Gasteiger partial charge in [-0.3, -0.25) is 9.59 Å². The summed E-state index contributed by atoms with van der Waals surface area (Å²) in [5.74, 6) is -0.474. The molecule has 1 fully saturated rings. The predicted molar refractivity (Wildman–Crippen MR) is 83.1 cm³/mol. The molecule has 0 radical (unpaired) electrons. The number of carbonyl (C=O) groups is 2. The van der Waals surface area contributed by atoms with Gasteiger partial charge in [0.15, 0.2) is 0 Å². The molecule has 3 N–H and O–H groups in total. The molecule has 1 saturated heterocycles. The summed E-state index contributed by atoms with van der Waals surface area (Å²) in [5, 5.41) is 8.42. The molecule has 0 spiro atoms. The molecule has 1 aliphatic heterocycles. The van der Waals surface area contributed by atoms with E-state index in [2.05, 4.69) is 16.0 Å². The second-order valence-electron chi connectivity index (χ2n) is 4.68. The Labute approximate surface area is 130 Å². The molecular formula is C14H20ClN3O3. The van der Waals surface area contributed by atoms with Crippen LogP contribution in [0.5, 0.6) is 0 Å². The number of carbonyl (C=O) groups excluding carboxylic acids is 2. The summed E-state index contributed by atoms with van der Waals surface area (Å²) in [6, 6.07) is 5.32. The molecule has 0 aromatic heterocycles. The van der Waals surface area contributed by atoms with Crippen LogP contribution in [0.25, 0.3) is 0 Å². The largest absolute Gasteiger partial charge is 0.366 e. The van der Waals surface area contributed by atoms with Crippen LogP contribution >= 0.6 is 12.4 Å². The maximum Gasteiger partial charge on any atom is 0.254 e. The fraction of sp³-hybridized carbons (Fsp3) is 0.429. The minimum Gasteiger partial charge on any atom is -0.366 e. The third-order valence-electron chi connectivity index (χ3n) is 3.12. The van der Waals surface area contributed by atoms with E-state index in [9.17, 15) is 9.59 Å². The van der Waals surface area contributed by atoms with Gasteiger partial charge in [-0.2, -0.15) is 0 Å². The molecule has 2 rings (SSSR count). The second-order valence-corrected chi connectivity index (χ2v) is 4.68. The first-order valence-corrected chi connectivity index (χ1v) is 6.57. The number of hydrogen-bond donors (Lipinski definition) is 3. The van der Waals surface area contributed by atoms with Crippen LogP contribution in [0.2, 0.25) is 0 Å². The van der Waals surface area contributed by atoms with Gasteiger partial charge in [0, 0.05) is 20.1 Å². The van der Waals surface area contributed by atoms with Crippen LogP contribution in [0.1, 0.15) is 15.9 Å². The van der Waals surface area contributed by atoms with E-state index in [0.717, 1.165) is 12.1 Å². The summed E-state index contributed by atoms with van der Waals surface area (Å²) in [7, 11) is 1.56. The topological polar surface area (TPSA) is 79.5 Å². The third kappa shape index (κ3) is 4.42. The Bertz CT molecular complexity index is 516. The lowest BCUT2D eigenvalue weighted by molar-refractivity contribution is -0.128. The van der Waals surface area contributed by atoms with E-state index in [0.29, 0.717) is 24.4 Å². The van der Waals surface area contributed by atoms with E-state index in [-0.39, 0.29) is 24.2 Å². The number of aryl methyl sites for hydroxylation is 1. The minimum absolute atomic E-state index is 0. The molecule has 0 aliphatic carbocycles. The van der Waals surface area contributed by atoms with Crippen molar-refractivity contribution in [1.82, 2.24) is 10.6 Å². The fourth-order valence-electron chi connectivity index (χ4n) is 2.04. The molecular weight excluding hydrogens is 294 g/mol. The molecule has 6 nitrogen and oxygen atoms in total. The van der Waals surface area contributed by atoms with Crippen LogP contribution < -0.4 is 16.0 Å². The van der Waals surface area contributed by atoms with E-state index in [1.807, 2.05) is 13.0 Å². The van der Waals surface area contributed by atoms with Gasteiger partial charge in [0.2, 0.25) is 0 Å². The zero-order valence-corrected chi connectivity index (χ0v) is 12.9. The molecule has 1 aliphatic rings. The van der Waals surface area contributed by atoms with Gasteiger partial charge in [0.25, 0.3) is 11.8 Å². The first-order valence-electron chi connectivity index (χ1n) is 6.57. The van der Waals surface area contributed by atoms with E-state index in [1.54, 1.807) is 19.2 Å². The lowest BCUT2D eigenvalue weighted by atomic mass is 10.1. The van der Waals surface area contributed by atoms with Gasteiger partial charge in [-0.15, -0.1) is 12.4 Å². The molecule has 1 heterocycles. The highest BCUT2D eigenvalue weighted by Crippen LogP contribution is 2.18. The fourth-order valence-corrected chi connectivity index (χ4v) is 2.04. The van der Waals surface area contributed by atoms with Crippen molar-refractivity contribution in [2.45, 2.75) is 13.0 Å². The molecule has 0 bridgehead atoms. The lowest BCUT2D eigenvalue weighted by Crippen LogP contribution is -2.45. The van der Waals surface area contributed by atoms with Gasteiger partial charge < -0.3 is 20.7 Å². The number of hydrogen-bond acceptors (Lipinski definition) is 4. The van der Waals surface area contributed by atoms with Crippen molar-refractivity contribution >= 4 is 29.9 Å². The molecule has 0 saturated carbocycles. The summed E-state index contributed by atoms with van der Waals surface area (Å²) in [5.41, 5.74) is 1.90. The number of benzene rings is 1. The zero-order chi connectivity index (χ0) is 14.5. The summed E-state index contributed by atoms with van der Waals surface area (Å²) in [6.07, 6.45) is -0.525. The molecule has 1 aromatic rings. The van der Waals surface area contributed by atoms with Crippen molar-refractivity contribution in [3.63, 3.8) is 0 Å².